The lowest BCUT2D eigenvalue weighted by atomic mass is 10.2. The van der Waals surface area contributed by atoms with Crippen LogP contribution in [0.4, 0.5) is 0 Å². The molecule has 0 bridgehead atoms. The van der Waals surface area contributed by atoms with Crippen molar-refractivity contribution < 1.29 is 9.53 Å². The second-order valence-electron chi connectivity index (χ2n) is 2.87. The van der Waals surface area contributed by atoms with E-state index in [1.54, 1.807) is 0 Å². The lowest BCUT2D eigenvalue weighted by Gasteiger charge is -2.15. The van der Waals surface area contributed by atoms with Gasteiger partial charge in [0.15, 0.2) is 0 Å². The van der Waals surface area contributed by atoms with Crippen molar-refractivity contribution in [1.29, 1.82) is 0 Å². The van der Waals surface area contributed by atoms with Crippen molar-refractivity contribution in [2.24, 2.45) is 0 Å². The monoisotopic (exact) mass is 175 g/mol. The number of esters is 1. The van der Waals surface area contributed by atoms with E-state index in [9.17, 15) is 4.79 Å². The minimum absolute atomic E-state index is 0.0810. The summed E-state index contributed by atoms with van der Waals surface area (Å²) in [5.41, 5.74) is 0. The van der Waals surface area contributed by atoms with E-state index >= 15 is 0 Å². The van der Waals surface area contributed by atoms with Gasteiger partial charge in [0, 0.05) is 11.8 Å². The van der Waals surface area contributed by atoms with Gasteiger partial charge >= 0.3 is 5.97 Å². The number of rotatable bonds is 1. The average Bonchev–Trinajstić information content (AvgIpc) is 2.28. The Morgan fingerprint density at radius 3 is 2.73 bits per heavy atom. The van der Waals surface area contributed by atoms with Gasteiger partial charge in [0.05, 0.1) is 7.11 Å². The largest absolute Gasteiger partial charge is 0.468 e. The molecule has 4 heteroatoms. The lowest BCUT2D eigenvalue weighted by molar-refractivity contribution is -0.145. The van der Waals surface area contributed by atoms with Crippen LogP contribution in [0.1, 0.15) is 6.42 Å². The van der Waals surface area contributed by atoms with Crippen LogP contribution >= 0.6 is 12.6 Å². The molecule has 1 rings (SSSR count). The van der Waals surface area contributed by atoms with E-state index in [1.165, 1.54) is 7.11 Å². The number of methoxy groups -OCH3 is 1. The standard InChI is InChI=1S/C7H13NO2S/c1-8-4-5(11)3-6(8)7(9)10-2/h5-6,11H,3-4H2,1-2H3/t5-,6-/m0/s1. The van der Waals surface area contributed by atoms with Crippen molar-refractivity contribution in [1.82, 2.24) is 4.90 Å². The molecule has 0 radical (unpaired) electrons. The fourth-order valence-corrected chi connectivity index (χ4v) is 1.84. The first-order valence-electron chi connectivity index (χ1n) is 3.61. The molecule has 0 aromatic carbocycles. The molecule has 1 saturated heterocycles. The van der Waals surface area contributed by atoms with Crippen molar-refractivity contribution in [2.75, 3.05) is 20.7 Å². The van der Waals surface area contributed by atoms with Gasteiger partial charge in [-0.25, -0.2) is 0 Å². The Hall–Kier alpha value is -0.220. The third-order valence-electron chi connectivity index (χ3n) is 2.00. The Kier molecular flexibility index (Phi) is 2.78. The third-order valence-corrected chi connectivity index (χ3v) is 2.37. The van der Waals surface area contributed by atoms with Crippen LogP contribution in [0.3, 0.4) is 0 Å². The maximum Gasteiger partial charge on any atom is 0.323 e. The van der Waals surface area contributed by atoms with Gasteiger partial charge in [0.2, 0.25) is 0 Å². The maximum absolute atomic E-state index is 11.1. The summed E-state index contributed by atoms with van der Waals surface area (Å²) >= 11 is 4.30. The molecule has 1 aliphatic rings. The quantitative estimate of drug-likeness (QED) is 0.455. The molecular formula is C7H13NO2S. The lowest BCUT2D eigenvalue weighted by Crippen LogP contribution is -2.33. The molecule has 2 atom stereocenters. The van der Waals surface area contributed by atoms with Crippen molar-refractivity contribution in [3.63, 3.8) is 0 Å². The van der Waals surface area contributed by atoms with Gasteiger partial charge in [0.25, 0.3) is 0 Å². The fourth-order valence-electron chi connectivity index (χ4n) is 1.38. The van der Waals surface area contributed by atoms with Crippen molar-refractivity contribution >= 4 is 18.6 Å². The Bertz CT molecular complexity index is 163. The van der Waals surface area contributed by atoms with Crippen LogP contribution in [-0.2, 0) is 9.53 Å². The van der Waals surface area contributed by atoms with Crippen LogP contribution in [0.25, 0.3) is 0 Å². The highest BCUT2D eigenvalue weighted by molar-refractivity contribution is 7.81. The highest BCUT2D eigenvalue weighted by Gasteiger charge is 2.33. The van der Waals surface area contributed by atoms with Crippen LogP contribution in [-0.4, -0.2) is 42.9 Å². The first kappa shape index (κ1) is 8.87. The average molecular weight is 175 g/mol. The van der Waals surface area contributed by atoms with Crippen LogP contribution in [0, 0.1) is 0 Å². The van der Waals surface area contributed by atoms with Crippen LogP contribution in [0.2, 0.25) is 0 Å². The summed E-state index contributed by atoms with van der Waals surface area (Å²) in [6.45, 7) is 0.864. The van der Waals surface area contributed by atoms with Gasteiger partial charge in [0.1, 0.15) is 6.04 Å². The number of hydrogen-bond acceptors (Lipinski definition) is 4. The number of thiol groups is 1. The summed E-state index contributed by atoms with van der Waals surface area (Å²) in [6.07, 6.45) is 0.798. The number of carbonyl (C=O) groups excluding carboxylic acids is 1. The molecule has 0 aliphatic carbocycles. The number of likely N-dealkylation sites (tertiary alicyclic amines) is 1. The SMILES string of the molecule is COC(=O)[C@@H]1C[C@H](S)CN1C. The van der Waals surface area contributed by atoms with E-state index in [2.05, 4.69) is 17.4 Å². The van der Waals surface area contributed by atoms with Crippen LogP contribution < -0.4 is 0 Å². The molecule has 1 aliphatic heterocycles. The molecule has 64 valence electrons. The zero-order valence-electron chi connectivity index (χ0n) is 6.78. The molecule has 1 fully saturated rings. The van der Waals surface area contributed by atoms with E-state index in [-0.39, 0.29) is 12.0 Å². The molecule has 0 saturated carbocycles. The van der Waals surface area contributed by atoms with Gasteiger partial charge in [-0.05, 0) is 13.5 Å². The normalized spacial score (nSPS) is 32.3. The minimum atomic E-state index is -0.149. The second kappa shape index (κ2) is 3.45. The van der Waals surface area contributed by atoms with E-state index in [4.69, 9.17) is 0 Å². The van der Waals surface area contributed by atoms with Gasteiger partial charge in [-0.3, -0.25) is 9.69 Å². The molecule has 0 aromatic heterocycles. The molecule has 0 unspecified atom stereocenters. The summed E-state index contributed by atoms with van der Waals surface area (Å²) in [4.78, 5) is 13.0. The van der Waals surface area contributed by atoms with Crippen LogP contribution in [0.15, 0.2) is 0 Å². The molecule has 0 amide bonds. The molecule has 11 heavy (non-hydrogen) atoms. The number of ether oxygens (including phenoxy) is 1. The van der Waals surface area contributed by atoms with E-state index in [1.807, 2.05) is 11.9 Å². The molecule has 3 nitrogen and oxygen atoms in total. The van der Waals surface area contributed by atoms with E-state index < -0.39 is 0 Å². The maximum atomic E-state index is 11.1. The summed E-state index contributed by atoms with van der Waals surface area (Å²) in [7, 11) is 3.33. The number of hydrogen-bond donors (Lipinski definition) is 1. The molecule has 0 N–H and O–H groups in total. The highest BCUT2D eigenvalue weighted by atomic mass is 32.1. The smallest absolute Gasteiger partial charge is 0.323 e. The number of nitrogens with zero attached hydrogens (tertiary/aromatic N) is 1. The number of likely N-dealkylation sites (N-methyl/N-ethyl adjacent to an activating group) is 1. The number of carbonyl (C=O) groups is 1. The van der Waals surface area contributed by atoms with E-state index in [0.717, 1.165) is 13.0 Å². The topological polar surface area (TPSA) is 29.5 Å². The summed E-state index contributed by atoms with van der Waals surface area (Å²) in [5.74, 6) is -0.149. The third kappa shape index (κ3) is 1.87. The Morgan fingerprint density at radius 2 is 2.36 bits per heavy atom. The highest BCUT2D eigenvalue weighted by Crippen LogP contribution is 2.20. The van der Waals surface area contributed by atoms with Gasteiger partial charge in [-0.15, -0.1) is 0 Å². The second-order valence-corrected chi connectivity index (χ2v) is 3.60. The molecule has 0 aromatic rings. The summed E-state index contributed by atoms with van der Waals surface area (Å²) in [5, 5.41) is 0.309. The first-order chi connectivity index (χ1) is 5.15. The summed E-state index contributed by atoms with van der Waals surface area (Å²) < 4.78 is 4.64. The van der Waals surface area contributed by atoms with Gasteiger partial charge < -0.3 is 4.74 Å². The van der Waals surface area contributed by atoms with Crippen molar-refractivity contribution in [3.05, 3.63) is 0 Å². The Morgan fingerprint density at radius 1 is 1.73 bits per heavy atom. The zero-order chi connectivity index (χ0) is 8.43. The summed E-state index contributed by atoms with van der Waals surface area (Å²) in [6, 6.07) is -0.0810. The zero-order valence-corrected chi connectivity index (χ0v) is 7.67. The van der Waals surface area contributed by atoms with Gasteiger partial charge in [-0.1, -0.05) is 0 Å². The van der Waals surface area contributed by atoms with Crippen LogP contribution in [0.5, 0.6) is 0 Å². The molecular weight excluding hydrogens is 162 g/mol. The predicted molar refractivity (Wildman–Crippen MR) is 45.8 cm³/mol. The predicted octanol–water partition coefficient (Wildman–Crippen LogP) is 0.162. The Balaban J connectivity index is 2.52. The molecule has 0 spiro atoms. The van der Waals surface area contributed by atoms with Crippen molar-refractivity contribution in [2.45, 2.75) is 17.7 Å². The van der Waals surface area contributed by atoms with Crippen molar-refractivity contribution in [3.8, 4) is 0 Å². The molecule has 1 heterocycles. The first-order valence-corrected chi connectivity index (χ1v) is 4.13. The fraction of sp³-hybridized carbons (Fsp3) is 0.857. The van der Waals surface area contributed by atoms with Gasteiger partial charge in [-0.2, -0.15) is 12.6 Å². The Labute approximate surface area is 72.1 Å². The van der Waals surface area contributed by atoms with E-state index in [0.29, 0.717) is 5.25 Å². The minimum Gasteiger partial charge on any atom is -0.468 e.